The molecule has 0 bridgehead atoms. The van der Waals surface area contributed by atoms with E-state index in [1.165, 1.54) is 36.0 Å². The number of rotatable bonds is 9. The maximum absolute atomic E-state index is 11.5. The highest BCUT2D eigenvalue weighted by Gasteiger charge is 2.09. The summed E-state index contributed by atoms with van der Waals surface area (Å²) in [4.78, 5) is 26.1. The first-order chi connectivity index (χ1) is 9.13. The van der Waals surface area contributed by atoms with E-state index in [4.69, 9.17) is 5.11 Å². The Balaban J connectivity index is 2.17. The lowest BCUT2D eigenvalue weighted by Crippen LogP contribution is -2.22. The van der Waals surface area contributed by atoms with E-state index in [-0.39, 0.29) is 11.6 Å². The lowest BCUT2D eigenvalue weighted by molar-refractivity contribution is -0.121. The number of hydrogen-bond acceptors (Lipinski definition) is 4. The molecule has 0 saturated carbocycles. The van der Waals surface area contributed by atoms with Crippen LogP contribution in [0.5, 0.6) is 0 Å². The number of unbranched alkanes of at least 4 members (excludes halogenated alkanes) is 4. The number of thiazole rings is 1. The molecule has 0 spiro atoms. The van der Waals surface area contributed by atoms with E-state index < -0.39 is 5.97 Å². The van der Waals surface area contributed by atoms with Gasteiger partial charge in [0.2, 0.25) is 5.91 Å². The largest absolute Gasteiger partial charge is 0.476 e. The molecule has 0 aromatic carbocycles. The third kappa shape index (κ3) is 6.33. The molecule has 1 aromatic rings. The molecule has 0 aliphatic heterocycles. The molecular formula is C13H20N2O3S. The van der Waals surface area contributed by atoms with Gasteiger partial charge in [0.1, 0.15) is 5.01 Å². The van der Waals surface area contributed by atoms with Crippen molar-refractivity contribution >= 4 is 23.2 Å². The summed E-state index contributed by atoms with van der Waals surface area (Å²) in [5, 5.41) is 13.6. The summed E-state index contributed by atoms with van der Waals surface area (Å²) in [6.07, 6.45) is 6.12. The van der Waals surface area contributed by atoms with E-state index in [1.807, 2.05) is 0 Å². The molecule has 1 heterocycles. The highest BCUT2D eigenvalue weighted by molar-refractivity contribution is 7.09. The number of aromatic nitrogens is 1. The Morgan fingerprint density at radius 1 is 1.32 bits per heavy atom. The number of carbonyl (C=O) groups is 2. The van der Waals surface area contributed by atoms with Crippen LogP contribution in [0.15, 0.2) is 5.38 Å². The number of carbonyl (C=O) groups excluding carboxylic acids is 1. The third-order valence-electron chi connectivity index (χ3n) is 2.72. The van der Waals surface area contributed by atoms with Gasteiger partial charge in [-0.1, -0.05) is 32.6 Å². The smallest absolute Gasteiger partial charge is 0.355 e. The van der Waals surface area contributed by atoms with Gasteiger partial charge in [-0.05, 0) is 6.42 Å². The molecule has 0 radical (unpaired) electrons. The van der Waals surface area contributed by atoms with Gasteiger partial charge in [-0.2, -0.15) is 0 Å². The average molecular weight is 284 g/mol. The van der Waals surface area contributed by atoms with Gasteiger partial charge in [-0.3, -0.25) is 4.79 Å². The minimum Gasteiger partial charge on any atom is -0.476 e. The Morgan fingerprint density at radius 3 is 2.68 bits per heavy atom. The molecule has 0 unspecified atom stereocenters. The summed E-state index contributed by atoms with van der Waals surface area (Å²) >= 11 is 1.25. The Kier molecular flexibility index (Phi) is 7.10. The van der Waals surface area contributed by atoms with Crippen molar-refractivity contribution < 1.29 is 14.7 Å². The van der Waals surface area contributed by atoms with Crippen molar-refractivity contribution in [3.63, 3.8) is 0 Å². The van der Waals surface area contributed by atoms with Gasteiger partial charge in [0.25, 0.3) is 0 Å². The van der Waals surface area contributed by atoms with Crippen molar-refractivity contribution in [2.75, 3.05) is 0 Å². The van der Waals surface area contributed by atoms with E-state index in [0.29, 0.717) is 18.0 Å². The molecule has 0 saturated heterocycles. The molecule has 0 atom stereocenters. The first kappa shape index (κ1) is 15.6. The summed E-state index contributed by atoms with van der Waals surface area (Å²) < 4.78 is 0. The van der Waals surface area contributed by atoms with E-state index in [9.17, 15) is 9.59 Å². The zero-order chi connectivity index (χ0) is 14.1. The molecule has 0 aliphatic rings. The third-order valence-corrected chi connectivity index (χ3v) is 3.56. The van der Waals surface area contributed by atoms with E-state index in [1.54, 1.807) is 0 Å². The van der Waals surface area contributed by atoms with Gasteiger partial charge in [-0.25, -0.2) is 9.78 Å². The molecule has 1 amide bonds. The van der Waals surface area contributed by atoms with Crippen LogP contribution in [0.2, 0.25) is 0 Å². The fourth-order valence-corrected chi connectivity index (χ4v) is 2.35. The van der Waals surface area contributed by atoms with Crippen LogP contribution in [0.1, 0.15) is 60.9 Å². The van der Waals surface area contributed by atoms with Crippen LogP contribution in [0.3, 0.4) is 0 Å². The van der Waals surface area contributed by atoms with Crippen LogP contribution in [0.4, 0.5) is 0 Å². The number of aromatic carboxylic acids is 1. The molecule has 1 rings (SSSR count). The van der Waals surface area contributed by atoms with E-state index in [0.717, 1.165) is 12.8 Å². The first-order valence-electron chi connectivity index (χ1n) is 6.58. The van der Waals surface area contributed by atoms with Crippen LogP contribution in [0.25, 0.3) is 0 Å². The molecule has 0 fully saturated rings. The topological polar surface area (TPSA) is 79.3 Å². The molecule has 106 valence electrons. The molecule has 1 aromatic heterocycles. The Hall–Kier alpha value is -1.43. The molecule has 5 nitrogen and oxygen atoms in total. The number of nitrogens with one attached hydrogen (secondary N) is 1. The summed E-state index contributed by atoms with van der Waals surface area (Å²) in [5.41, 5.74) is 0.0359. The van der Waals surface area contributed by atoms with Gasteiger partial charge in [-0.15, -0.1) is 11.3 Å². The lowest BCUT2D eigenvalue weighted by Gasteiger charge is -2.03. The van der Waals surface area contributed by atoms with Crippen LogP contribution in [-0.4, -0.2) is 22.0 Å². The van der Waals surface area contributed by atoms with Crippen LogP contribution >= 0.6 is 11.3 Å². The van der Waals surface area contributed by atoms with Crippen molar-refractivity contribution in [2.24, 2.45) is 0 Å². The van der Waals surface area contributed by atoms with Crippen molar-refractivity contribution in [3.05, 3.63) is 16.1 Å². The van der Waals surface area contributed by atoms with Crippen LogP contribution < -0.4 is 5.32 Å². The summed E-state index contributed by atoms with van der Waals surface area (Å²) in [7, 11) is 0. The summed E-state index contributed by atoms with van der Waals surface area (Å²) in [5.74, 6) is -1.03. The van der Waals surface area contributed by atoms with E-state index >= 15 is 0 Å². The second-order valence-corrected chi connectivity index (χ2v) is 5.32. The van der Waals surface area contributed by atoms with Crippen molar-refractivity contribution in [3.8, 4) is 0 Å². The highest BCUT2D eigenvalue weighted by Crippen LogP contribution is 2.10. The molecule has 2 N–H and O–H groups in total. The maximum Gasteiger partial charge on any atom is 0.355 e. The molecular weight excluding hydrogens is 264 g/mol. The van der Waals surface area contributed by atoms with Gasteiger partial charge < -0.3 is 10.4 Å². The Labute approximate surface area is 117 Å². The molecule has 6 heteroatoms. The van der Waals surface area contributed by atoms with Gasteiger partial charge in [0, 0.05) is 11.8 Å². The number of nitrogens with zero attached hydrogens (tertiary/aromatic N) is 1. The lowest BCUT2D eigenvalue weighted by atomic mass is 10.1. The first-order valence-corrected chi connectivity index (χ1v) is 7.45. The van der Waals surface area contributed by atoms with Crippen molar-refractivity contribution in [2.45, 2.75) is 52.0 Å². The number of carboxylic acids is 1. The van der Waals surface area contributed by atoms with E-state index in [2.05, 4.69) is 17.2 Å². The van der Waals surface area contributed by atoms with Gasteiger partial charge >= 0.3 is 5.97 Å². The monoisotopic (exact) mass is 284 g/mol. The minimum absolute atomic E-state index is 0.00331. The second kappa shape index (κ2) is 8.63. The summed E-state index contributed by atoms with van der Waals surface area (Å²) in [6.45, 7) is 2.47. The van der Waals surface area contributed by atoms with Crippen molar-refractivity contribution in [1.29, 1.82) is 0 Å². The predicted molar refractivity (Wildman–Crippen MR) is 74.3 cm³/mol. The zero-order valence-corrected chi connectivity index (χ0v) is 12.0. The molecule has 19 heavy (non-hydrogen) atoms. The highest BCUT2D eigenvalue weighted by atomic mass is 32.1. The SMILES string of the molecule is CCCCCCCC(=O)NCc1nc(C(=O)O)cs1. The van der Waals surface area contributed by atoms with Crippen LogP contribution in [0, 0.1) is 0 Å². The summed E-state index contributed by atoms with van der Waals surface area (Å²) in [6, 6.07) is 0. The maximum atomic E-state index is 11.5. The fourth-order valence-electron chi connectivity index (χ4n) is 1.64. The number of amides is 1. The fraction of sp³-hybridized carbons (Fsp3) is 0.615. The van der Waals surface area contributed by atoms with Gasteiger partial charge in [0.05, 0.1) is 6.54 Å². The second-order valence-electron chi connectivity index (χ2n) is 4.37. The minimum atomic E-state index is -1.04. The number of carboxylic acid groups (broad SMARTS) is 1. The normalized spacial score (nSPS) is 10.4. The molecule has 0 aliphatic carbocycles. The van der Waals surface area contributed by atoms with Crippen LogP contribution in [-0.2, 0) is 11.3 Å². The average Bonchev–Trinajstić information content (AvgIpc) is 2.85. The van der Waals surface area contributed by atoms with Gasteiger partial charge in [0.15, 0.2) is 5.69 Å². The van der Waals surface area contributed by atoms with Crippen molar-refractivity contribution in [1.82, 2.24) is 10.3 Å². The Morgan fingerprint density at radius 2 is 2.05 bits per heavy atom. The predicted octanol–water partition coefficient (Wildman–Crippen LogP) is 2.82. The zero-order valence-electron chi connectivity index (χ0n) is 11.1. The number of hydrogen-bond donors (Lipinski definition) is 2. The quantitative estimate of drug-likeness (QED) is 0.683. The Bertz CT molecular complexity index is 418. The standard InChI is InChI=1S/C13H20N2O3S/c1-2-3-4-5-6-7-11(16)14-8-12-15-10(9-19-12)13(17)18/h9H,2-8H2,1H3,(H,14,16)(H,17,18).